The lowest BCUT2D eigenvalue weighted by Gasteiger charge is -2.16. The van der Waals surface area contributed by atoms with Gasteiger partial charge in [-0.05, 0) is 25.9 Å². The van der Waals surface area contributed by atoms with Crippen molar-refractivity contribution in [2.45, 2.75) is 18.9 Å². The molecule has 0 aromatic heterocycles. The van der Waals surface area contributed by atoms with Gasteiger partial charge >= 0.3 is 12.0 Å². The number of carbonyl (C=O) groups excluding carboxylic acids is 1. The number of hydrogen-bond donors (Lipinski definition) is 4. The number of aliphatic hydroxyl groups excluding tert-OH is 1. The maximum absolute atomic E-state index is 11.5. The summed E-state index contributed by atoms with van der Waals surface area (Å²) in [6.45, 7) is 2.24. The second kappa shape index (κ2) is 7.17. The summed E-state index contributed by atoms with van der Waals surface area (Å²) < 4.78 is 0. The molecule has 2 atom stereocenters. The SMILES string of the molecule is CN1CCC(CNC(=O)N[C@H](CCO)C(=O)O)C1. The number of amides is 2. The molecule has 1 unspecified atom stereocenters. The zero-order chi connectivity index (χ0) is 13.5. The normalized spacial score (nSPS) is 21.6. The summed E-state index contributed by atoms with van der Waals surface area (Å²) in [6, 6.07) is -1.54. The number of urea groups is 1. The van der Waals surface area contributed by atoms with Crippen molar-refractivity contribution in [3.63, 3.8) is 0 Å². The highest BCUT2D eigenvalue weighted by Crippen LogP contribution is 2.12. The van der Waals surface area contributed by atoms with Crippen molar-refractivity contribution in [2.24, 2.45) is 5.92 Å². The third kappa shape index (κ3) is 4.89. The summed E-state index contributed by atoms with van der Waals surface area (Å²) in [6.07, 6.45) is 1.05. The quantitative estimate of drug-likeness (QED) is 0.494. The van der Waals surface area contributed by atoms with E-state index >= 15 is 0 Å². The standard InChI is InChI=1S/C11H21N3O4/c1-14-4-2-8(7-14)6-12-11(18)13-9(3-5-15)10(16)17/h8-9,15H,2-7H2,1H3,(H,16,17)(H2,12,13,18)/t8?,9-/m1/s1. The number of carboxylic acids is 1. The molecule has 0 aromatic carbocycles. The van der Waals surface area contributed by atoms with Crippen molar-refractivity contribution in [3.05, 3.63) is 0 Å². The molecule has 0 bridgehead atoms. The van der Waals surface area contributed by atoms with E-state index in [1.165, 1.54) is 0 Å². The molecule has 7 nitrogen and oxygen atoms in total. The van der Waals surface area contributed by atoms with Gasteiger partial charge in [0, 0.05) is 26.1 Å². The van der Waals surface area contributed by atoms with Crippen LogP contribution in [0.15, 0.2) is 0 Å². The Morgan fingerprint density at radius 2 is 2.22 bits per heavy atom. The molecule has 104 valence electrons. The van der Waals surface area contributed by atoms with Crippen molar-refractivity contribution in [2.75, 3.05) is 33.3 Å². The van der Waals surface area contributed by atoms with Gasteiger partial charge in [-0.25, -0.2) is 9.59 Å². The maximum Gasteiger partial charge on any atom is 0.326 e. The van der Waals surface area contributed by atoms with Gasteiger partial charge in [0.05, 0.1) is 0 Å². The number of rotatable bonds is 6. The number of aliphatic carboxylic acids is 1. The van der Waals surface area contributed by atoms with Gasteiger partial charge in [0.2, 0.25) is 0 Å². The monoisotopic (exact) mass is 259 g/mol. The Labute approximate surface area is 106 Å². The first-order valence-electron chi connectivity index (χ1n) is 6.09. The van der Waals surface area contributed by atoms with Gasteiger partial charge in [-0.1, -0.05) is 0 Å². The Hall–Kier alpha value is -1.34. The molecule has 1 fully saturated rings. The van der Waals surface area contributed by atoms with Crippen molar-refractivity contribution in [3.8, 4) is 0 Å². The lowest BCUT2D eigenvalue weighted by Crippen LogP contribution is -2.47. The lowest BCUT2D eigenvalue weighted by atomic mass is 10.1. The molecule has 2 amide bonds. The van der Waals surface area contributed by atoms with Gasteiger partial charge in [-0.15, -0.1) is 0 Å². The van der Waals surface area contributed by atoms with E-state index < -0.39 is 18.0 Å². The molecule has 1 heterocycles. The van der Waals surface area contributed by atoms with Gasteiger partial charge in [0.1, 0.15) is 6.04 Å². The molecule has 0 saturated carbocycles. The predicted octanol–water partition coefficient (Wildman–Crippen LogP) is -0.927. The van der Waals surface area contributed by atoms with Crippen molar-refractivity contribution >= 4 is 12.0 Å². The van der Waals surface area contributed by atoms with E-state index in [9.17, 15) is 9.59 Å². The Morgan fingerprint density at radius 1 is 1.50 bits per heavy atom. The molecule has 0 aromatic rings. The predicted molar refractivity (Wildman–Crippen MR) is 65.3 cm³/mol. The zero-order valence-electron chi connectivity index (χ0n) is 10.6. The topological polar surface area (TPSA) is 102 Å². The van der Waals surface area contributed by atoms with E-state index in [0.717, 1.165) is 19.5 Å². The molecular weight excluding hydrogens is 238 g/mol. The van der Waals surface area contributed by atoms with E-state index in [2.05, 4.69) is 15.5 Å². The first-order valence-corrected chi connectivity index (χ1v) is 6.09. The van der Waals surface area contributed by atoms with Crippen LogP contribution in [0.1, 0.15) is 12.8 Å². The largest absolute Gasteiger partial charge is 0.480 e. The third-order valence-electron chi connectivity index (χ3n) is 3.06. The van der Waals surface area contributed by atoms with Crippen LogP contribution in [0.5, 0.6) is 0 Å². The van der Waals surface area contributed by atoms with E-state index in [-0.39, 0.29) is 13.0 Å². The Balaban J connectivity index is 2.25. The molecule has 1 aliphatic heterocycles. The molecule has 0 spiro atoms. The van der Waals surface area contributed by atoms with Crippen LogP contribution in [-0.2, 0) is 4.79 Å². The molecule has 0 radical (unpaired) electrons. The molecule has 4 N–H and O–H groups in total. The van der Waals surface area contributed by atoms with Gasteiger partial charge in [-0.2, -0.15) is 0 Å². The van der Waals surface area contributed by atoms with Crippen LogP contribution in [-0.4, -0.2) is 66.4 Å². The lowest BCUT2D eigenvalue weighted by molar-refractivity contribution is -0.139. The highest BCUT2D eigenvalue weighted by atomic mass is 16.4. The molecule has 1 rings (SSSR count). The first kappa shape index (κ1) is 14.7. The fraction of sp³-hybridized carbons (Fsp3) is 0.818. The summed E-state index contributed by atoms with van der Waals surface area (Å²) in [5.74, 6) is -0.721. The number of aliphatic hydroxyl groups is 1. The second-order valence-corrected chi connectivity index (χ2v) is 4.67. The summed E-state index contributed by atoms with van der Waals surface area (Å²) in [5.41, 5.74) is 0. The van der Waals surface area contributed by atoms with Crippen LogP contribution in [0.25, 0.3) is 0 Å². The van der Waals surface area contributed by atoms with Crippen LogP contribution < -0.4 is 10.6 Å². The van der Waals surface area contributed by atoms with E-state index in [4.69, 9.17) is 10.2 Å². The Bertz CT molecular complexity index is 298. The minimum atomic E-state index is -1.14. The number of carbonyl (C=O) groups is 2. The zero-order valence-corrected chi connectivity index (χ0v) is 10.6. The fourth-order valence-corrected chi connectivity index (χ4v) is 2.03. The summed E-state index contributed by atoms with van der Waals surface area (Å²) in [4.78, 5) is 24.4. The Morgan fingerprint density at radius 3 is 2.72 bits per heavy atom. The second-order valence-electron chi connectivity index (χ2n) is 4.67. The van der Waals surface area contributed by atoms with Gasteiger partial charge in [0.25, 0.3) is 0 Å². The summed E-state index contributed by atoms with van der Waals surface area (Å²) in [7, 11) is 2.03. The maximum atomic E-state index is 11.5. The number of carboxylic acid groups (broad SMARTS) is 1. The minimum Gasteiger partial charge on any atom is -0.480 e. The minimum absolute atomic E-state index is 0.00885. The van der Waals surface area contributed by atoms with Crippen LogP contribution in [0, 0.1) is 5.92 Å². The summed E-state index contributed by atoms with van der Waals surface area (Å²) in [5, 5.41) is 22.5. The van der Waals surface area contributed by atoms with Crippen LogP contribution in [0.4, 0.5) is 4.79 Å². The molecule has 1 saturated heterocycles. The van der Waals surface area contributed by atoms with E-state index in [0.29, 0.717) is 12.5 Å². The number of likely N-dealkylation sites (tertiary alicyclic amines) is 1. The average molecular weight is 259 g/mol. The van der Waals surface area contributed by atoms with Gasteiger partial charge < -0.3 is 25.7 Å². The molecule has 7 heteroatoms. The van der Waals surface area contributed by atoms with Gasteiger partial charge in [-0.3, -0.25) is 0 Å². The first-order chi connectivity index (χ1) is 8.52. The van der Waals surface area contributed by atoms with Crippen LogP contribution in [0.3, 0.4) is 0 Å². The highest BCUT2D eigenvalue weighted by molar-refractivity contribution is 5.82. The van der Waals surface area contributed by atoms with E-state index in [1.54, 1.807) is 0 Å². The van der Waals surface area contributed by atoms with Crippen LogP contribution >= 0.6 is 0 Å². The molecule has 1 aliphatic rings. The Kier molecular flexibility index (Phi) is 5.87. The summed E-state index contributed by atoms with van der Waals surface area (Å²) >= 11 is 0. The van der Waals surface area contributed by atoms with Crippen LogP contribution in [0.2, 0.25) is 0 Å². The molecule has 0 aliphatic carbocycles. The van der Waals surface area contributed by atoms with E-state index in [1.807, 2.05) is 7.05 Å². The smallest absolute Gasteiger partial charge is 0.326 e. The highest BCUT2D eigenvalue weighted by Gasteiger charge is 2.22. The third-order valence-corrected chi connectivity index (χ3v) is 3.06. The number of hydrogen-bond acceptors (Lipinski definition) is 4. The fourth-order valence-electron chi connectivity index (χ4n) is 2.03. The van der Waals surface area contributed by atoms with Crippen molar-refractivity contribution in [1.29, 1.82) is 0 Å². The van der Waals surface area contributed by atoms with Gasteiger partial charge in [0.15, 0.2) is 0 Å². The van der Waals surface area contributed by atoms with Crippen molar-refractivity contribution < 1.29 is 19.8 Å². The number of nitrogens with zero attached hydrogens (tertiary/aromatic N) is 1. The number of nitrogens with one attached hydrogen (secondary N) is 2. The molecular formula is C11H21N3O4. The average Bonchev–Trinajstić information content (AvgIpc) is 2.72. The van der Waals surface area contributed by atoms with Crippen molar-refractivity contribution in [1.82, 2.24) is 15.5 Å². The molecule has 18 heavy (non-hydrogen) atoms.